The fraction of sp³-hybridized carbons (Fsp3) is 0.304. The van der Waals surface area contributed by atoms with Gasteiger partial charge in [0.05, 0.1) is 12.4 Å². The second kappa shape index (κ2) is 11.9. The quantitative estimate of drug-likeness (QED) is 0.329. The molecule has 3 atom stereocenters. The van der Waals surface area contributed by atoms with Gasteiger partial charge in [-0.05, 0) is 48.1 Å². The minimum absolute atomic E-state index is 0.240. The van der Waals surface area contributed by atoms with Crippen molar-refractivity contribution >= 4 is 46.5 Å². The number of hydrogen-bond donors (Lipinski definition) is 3. The number of nitrogens with one attached hydrogen (secondary N) is 2. The number of thioether (sulfide) groups is 2. The molecule has 0 bridgehead atoms. The lowest BCUT2D eigenvalue weighted by atomic mass is 10.1. The number of methoxy groups -OCH3 is 1. The molecule has 4 N–H and O–H groups in total. The predicted molar refractivity (Wildman–Crippen MR) is 131 cm³/mol. The highest BCUT2D eigenvalue weighted by Crippen LogP contribution is 2.26. The summed E-state index contributed by atoms with van der Waals surface area (Å²) in [6.07, 6.45) is 2.40. The van der Waals surface area contributed by atoms with Gasteiger partial charge in [0, 0.05) is 6.42 Å². The molecule has 1 heterocycles. The minimum Gasteiger partial charge on any atom is -0.467 e. The number of imide groups is 1. The molecular weight excluding hydrogens is 478 g/mol. The summed E-state index contributed by atoms with van der Waals surface area (Å²) in [7, 11) is 1.26. The van der Waals surface area contributed by atoms with E-state index in [-0.39, 0.29) is 17.6 Å². The molecule has 3 rings (SSSR count). The van der Waals surface area contributed by atoms with Gasteiger partial charge in [-0.2, -0.15) is 0 Å². The highest BCUT2D eigenvalue weighted by Gasteiger charge is 2.31. The third-order valence-electron chi connectivity index (χ3n) is 5.02. The van der Waals surface area contributed by atoms with Crippen LogP contribution in [0.25, 0.3) is 0 Å². The van der Waals surface area contributed by atoms with Crippen LogP contribution in [0.2, 0.25) is 0 Å². The van der Waals surface area contributed by atoms with E-state index in [1.807, 2.05) is 12.1 Å². The highest BCUT2D eigenvalue weighted by atomic mass is 32.2. The van der Waals surface area contributed by atoms with Crippen molar-refractivity contribution in [2.24, 2.45) is 5.73 Å². The third kappa shape index (κ3) is 6.99. The van der Waals surface area contributed by atoms with Crippen LogP contribution >= 0.6 is 23.5 Å². The Morgan fingerprint density at radius 1 is 1.09 bits per heavy atom. The van der Waals surface area contributed by atoms with Crippen LogP contribution in [0.15, 0.2) is 48.5 Å². The molecule has 1 fully saturated rings. The zero-order valence-electron chi connectivity index (χ0n) is 18.6. The van der Waals surface area contributed by atoms with Gasteiger partial charge in [0.2, 0.25) is 11.8 Å². The van der Waals surface area contributed by atoms with Crippen LogP contribution in [0.5, 0.6) is 11.5 Å². The van der Waals surface area contributed by atoms with Gasteiger partial charge < -0.3 is 20.5 Å². The first kappa shape index (κ1) is 25.6. The van der Waals surface area contributed by atoms with Crippen molar-refractivity contribution in [3.63, 3.8) is 0 Å². The summed E-state index contributed by atoms with van der Waals surface area (Å²) >= 11 is 2.18. The number of carbonyl (C=O) groups excluding carboxylic acids is 4. The Kier molecular flexibility index (Phi) is 8.97. The molecule has 9 nitrogen and oxygen atoms in total. The number of benzene rings is 2. The second-order valence-corrected chi connectivity index (χ2v) is 9.58. The molecule has 2 aromatic rings. The van der Waals surface area contributed by atoms with Gasteiger partial charge in [0.25, 0.3) is 5.24 Å². The van der Waals surface area contributed by atoms with E-state index in [1.54, 1.807) is 42.7 Å². The number of ether oxygens (including phenoxy) is 2. The maximum Gasteiger partial charge on any atom is 0.328 e. The predicted octanol–water partition coefficient (Wildman–Crippen LogP) is 2.22. The van der Waals surface area contributed by atoms with Crippen LogP contribution < -0.4 is 21.1 Å². The Bertz CT molecular complexity index is 1050. The third-order valence-corrected chi connectivity index (χ3v) is 6.73. The molecule has 1 saturated heterocycles. The summed E-state index contributed by atoms with van der Waals surface area (Å²) < 4.78 is 10.7. The minimum atomic E-state index is -0.856. The number of rotatable bonds is 10. The van der Waals surface area contributed by atoms with E-state index in [9.17, 15) is 19.2 Å². The molecule has 3 unspecified atom stereocenters. The number of hydrogen-bond acceptors (Lipinski definition) is 9. The first-order valence-electron chi connectivity index (χ1n) is 10.3. The summed E-state index contributed by atoms with van der Waals surface area (Å²) in [5.41, 5.74) is 7.43. The fourth-order valence-electron chi connectivity index (χ4n) is 3.20. The fourth-order valence-corrected chi connectivity index (χ4v) is 4.34. The topological polar surface area (TPSA) is 137 Å². The van der Waals surface area contributed by atoms with Crippen molar-refractivity contribution in [3.05, 3.63) is 59.7 Å². The van der Waals surface area contributed by atoms with Crippen molar-refractivity contribution in [1.29, 1.82) is 0 Å². The molecule has 0 spiro atoms. The first-order chi connectivity index (χ1) is 16.3. The Hall–Kier alpha value is -3.02. The number of amides is 3. The smallest absolute Gasteiger partial charge is 0.328 e. The van der Waals surface area contributed by atoms with Crippen LogP contribution in [0.3, 0.4) is 0 Å². The summed E-state index contributed by atoms with van der Waals surface area (Å²) in [4.78, 5) is 47.2. The average molecular weight is 504 g/mol. The number of carbonyl (C=O) groups is 4. The molecule has 0 radical (unpaired) electrons. The number of esters is 1. The maximum absolute atomic E-state index is 12.1. The SMILES string of the molecule is COC(=O)C(Cc1ccc(Oc2ccc(CC3SC(=O)NC3=O)cc2)cc1)NC(=O)C(N)SC. The van der Waals surface area contributed by atoms with Crippen molar-refractivity contribution in [2.75, 3.05) is 13.4 Å². The molecule has 2 aromatic carbocycles. The summed E-state index contributed by atoms with van der Waals surface area (Å²) in [6, 6.07) is 13.6. The summed E-state index contributed by atoms with van der Waals surface area (Å²) in [5, 5.41) is 3.40. The molecule has 34 heavy (non-hydrogen) atoms. The van der Waals surface area contributed by atoms with E-state index in [4.69, 9.17) is 15.2 Å². The van der Waals surface area contributed by atoms with Crippen molar-refractivity contribution in [2.45, 2.75) is 29.5 Å². The van der Waals surface area contributed by atoms with Gasteiger partial charge in [0.15, 0.2) is 0 Å². The lowest BCUT2D eigenvalue weighted by molar-refractivity contribution is -0.145. The lowest BCUT2D eigenvalue weighted by Crippen LogP contribution is -2.48. The molecule has 3 amide bonds. The van der Waals surface area contributed by atoms with Gasteiger partial charge in [-0.3, -0.25) is 19.7 Å². The van der Waals surface area contributed by atoms with Gasteiger partial charge >= 0.3 is 5.97 Å². The monoisotopic (exact) mass is 503 g/mol. The molecule has 180 valence electrons. The second-order valence-electron chi connectivity index (χ2n) is 7.42. The summed E-state index contributed by atoms with van der Waals surface area (Å²) in [6.45, 7) is 0. The van der Waals surface area contributed by atoms with E-state index < -0.39 is 28.5 Å². The largest absolute Gasteiger partial charge is 0.467 e. The van der Waals surface area contributed by atoms with Gasteiger partial charge in [-0.25, -0.2) is 4.79 Å². The van der Waals surface area contributed by atoms with Gasteiger partial charge in [-0.15, -0.1) is 11.8 Å². The van der Waals surface area contributed by atoms with Crippen molar-refractivity contribution in [3.8, 4) is 11.5 Å². The van der Waals surface area contributed by atoms with Crippen molar-refractivity contribution < 1.29 is 28.7 Å². The van der Waals surface area contributed by atoms with E-state index in [0.717, 1.165) is 22.9 Å². The Morgan fingerprint density at radius 2 is 1.68 bits per heavy atom. The zero-order chi connectivity index (χ0) is 24.7. The van der Waals surface area contributed by atoms with Gasteiger partial charge in [0.1, 0.15) is 22.9 Å². The molecule has 1 aliphatic heterocycles. The lowest BCUT2D eigenvalue weighted by Gasteiger charge is -2.18. The Balaban J connectivity index is 1.58. The van der Waals surface area contributed by atoms with E-state index in [1.165, 1.54) is 18.9 Å². The first-order valence-corrected chi connectivity index (χ1v) is 12.5. The van der Waals surface area contributed by atoms with E-state index in [0.29, 0.717) is 17.9 Å². The van der Waals surface area contributed by atoms with Crippen LogP contribution in [-0.2, 0) is 32.0 Å². The zero-order valence-corrected chi connectivity index (χ0v) is 20.2. The molecule has 11 heteroatoms. The van der Waals surface area contributed by atoms with Crippen LogP contribution in [-0.4, -0.2) is 53.1 Å². The van der Waals surface area contributed by atoms with Crippen LogP contribution in [0, 0.1) is 0 Å². The molecule has 0 aliphatic carbocycles. The standard InChI is InChI=1S/C23H25N3O6S2/c1-31-22(29)17(25-21(28)19(24)33-2)11-13-3-7-15(8-4-13)32-16-9-5-14(6-10-16)12-18-20(27)26-23(30)34-18/h3-10,17-19H,11-12,24H2,1-2H3,(H,25,28)(H,26,27,30). The average Bonchev–Trinajstić information content (AvgIpc) is 3.16. The van der Waals surface area contributed by atoms with Gasteiger partial charge in [-0.1, -0.05) is 36.0 Å². The molecule has 1 aliphatic rings. The molecule has 0 aromatic heterocycles. The molecule has 0 saturated carbocycles. The van der Waals surface area contributed by atoms with Crippen LogP contribution in [0.1, 0.15) is 11.1 Å². The summed E-state index contributed by atoms with van der Waals surface area (Å²) in [5.74, 6) is -0.0563. The van der Waals surface area contributed by atoms with E-state index in [2.05, 4.69) is 10.6 Å². The Labute approximate surface area is 205 Å². The van der Waals surface area contributed by atoms with E-state index >= 15 is 0 Å². The van der Waals surface area contributed by atoms with Crippen LogP contribution in [0.4, 0.5) is 4.79 Å². The Morgan fingerprint density at radius 3 is 2.18 bits per heavy atom. The maximum atomic E-state index is 12.1. The number of nitrogens with two attached hydrogens (primary N) is 1. The molecular formula is C23H25N3O6S2. The normalized spacial score (nSPS) is 17.0. The van der Waals surface area contributed by atoms with Crippen molar-refractivity contribution in [1.82, 2.24) is 10.6 Å². The highest BCUT2D eigenvalue weighted by molar-refractivity contribution is 8.15.